The van der Waals surface area contributed by atoms with Crippen LogP contribution in [0.15, 0.2) is 0 Å². The maximum absolute atomic E-state index is 11.5. The fourth-order valence-electron chi connectivity index (χ4n) is 1.78. The maximum atomic E-state index is 11.5. The Labute approximate surface area is 126 Å². The number of hydrogen-bond acceptors (Lipinski definition) is 4. The number of methoxy groups -OCH3 is 1. The molecule has 2 amide bonds. The predicted octanol–water partition coefficient (Wildman–Crippen LogP) is 0.0668. The molecular weight excluding hydrogens is 282 g/mol. The summed E-state index contributed by atoms with van der Waals surface area (Å²) in [5.41, 5.74) is 0. The molecule has 0 saturated heterocycles. The van der Waals surface area contributed by atoms with Crippen LogP contribution in [0.4, 0.5) is 0 Å². The van der Waals surface area contributed by atoms with Crippen LogP contribution in [0.5, 0.6) is 0 Å². The molecule has 7 heteroatoms. The molecule has 1 saturated carbocycles. The van der Waals surface area contributed by atoms with E-state index >= 15 is 0 Å². The normalized spacial score (nSPS) is 14.1. The molecule has 0 atom stereocenters. The third-order valence-corrected chi connectivity index (χ3v) is 3.22. The largest absolute Gasteiger partial charge is 0.383 e. The molecule has 0 aromatic rings. The standard InChI is InChI=1S/C13H25N3O3.ClH/c1-19-9-8-14-10-12(17)15-6-3-7-16-13(18)11-4-2-5-11;/h11,14H,2-10H2,1H3,(H,15,17)(H,16,18);1H. The zero-order chi connectivity index (χ0) is 13.9. The van der Waals surface area contributed by atoms with Crippen molar-refractivity contribution < 1.29 is 14.3 Å². The lowest BCUT2D eigenvalue weighted by molar-refractivity contribution is -0.127. The first kappa shape index (κ1) is 19.1. The average Bonchev–Trinajstić information content (AvgIpc) is 2.32. The Kier molecular flexibility index (Phi) is 11.4. The molecule has 0 aromatic heterocycles. The van der Waals surface area contributed by atoms with Gasteiger partial charge in [-0.15, -0.1) is 12.4 Å². The highest BCUT2D eigenvalue weighted by Gasteiger charge is 2.24. The number of rotatable bonds is 10. The minimum absolute atomic E-state index is 0. The van der Waals surface area contributed by atoms with Crippen LogP contribution in [0, 0.1) is 5.92 Å². The highest BCUT2D eigenvalue weighted by atomic mass is 35.5. The summed E-state index contributed by atoms with van der Waals surface area (Å²) in [7, 11) is 1.62. The SMILES string of the molecule is COCCNCC(=O)NCCCNC(=O)C1CCC1.Cl. The Bertz CT molecular complexity index is 286. The molecule has 1 fully saturated rings. The van der Waals surface area contributed by atoms with E-state index in [2.05, 4.69) is 16.0 Å². The monoisotopic (exact) mass is 307 g/mol. The fourth-order valence-corrected chi connectivity index (χ4v) is 1.78. The van der Waals surface area contributed by atoms with Crippen molar-refractivity contribution in [1.82, 2.24) is 16.0 Å². The van der Waals surface area contributed by atoms with E-state index in [4.69, 9.17) is 4.74 Å². The van der Waals surface area contributed by atoms with Crippen molar-refractivity contribution in [1.29, 1.82) is 0 Å². The van der Waals surface area contributed by atoms with Crippen molar-refractivity contribution in [3.05, 3.63) is 0 Å². The molecule has 1 rings (SSSR count). The third-order valence-electron chi connectivity index (χ3n) is 3.22. The number of carbonyl (C=O) groups excluding carboxylic acids is 2. The molecule has 20 heavy (non-hydrogen) atoms. The second-order valence-electron chi connectivity index (χ2n) is 4.79. The molecule has 0 spiro atoms. The second kappa shape index (κ2) is 11.9. The van der Waals surface area contributed by atoms with Crippen LogP contribution >= 0.6 is 12.4 Å². The molecule has 6 nitrogen and oxygen atoms in total. The van der Waals surface area contributed by atoms with Crippen LogP contribution in [0.25, 0.3) is 0 Å². The lowest BCUT2D eigenvalue weighted by Crippen LogP contribution is -2.38. The topological polar surface area (TPSA) is 79.5 Å². The highest BCUT2D eigenvalue weighted by molar-refractivity contribution is 5.85. The Morgan fingerprint density at radius 3 is 2.45 bits per heavy atom. The van der Waals surface area contributed by atoms with Gasteiger partial charge in [0.05, 0.1) is 13.2 Å². The molecule has 0 aliphatic heterocycles. The summed E-state index contributed by atoms with van der Waals surface area (Å²) in [5, 5.41) is 8.66. The van der Waals surface area contributed by atoms with Gasteiger partial charge >= 0.3 is 0 Å². The first-order valence-corrected chi connectivity index (χ1v) is 6.98. The van der Waals surface area contributed by atoms with E-state index < -0.39 is 0 Å². The highest BCUT2D eigenvalue weighted by Crippen LogP contribution is 2.25. The van der Waals surface area contributed by atoms with Gasteiger partial charge in [-0.3, -0.25) is 9.59 Å². The summed E-state index contributed by atoms with van der Waals surface area (Å²) >= 11 is 0. The van der Waals surface area contributed by atoms with Gasteiger partial charge in [-0.05, 0) is 19.3 Å². The molecule has 1 aliphatic rings. The predicted molar refractivity (Wildman–Crippen MR) is 80.0 cm³/mol. The Morgan fingerprint density at radius 2 is 1.85 bits per heavy atom. The summed E-state index contributed by atoms with van der Waals surface area (Å²) in [6, 6.07) is 0. The number of hydrogen-bond donors (Lipinski definition) is 3. The van der Waals surface area contributed by atoms with Gasteiger partial charge in [0.15, 0.2) is 0 Å². The van der Waals surface area contributed by atoms with Crippen molar-refractivity contribution >= 4 is 24.2 Å². The van der Waals surface area contributed by atoms with Crippen LogP contribution in [0.3, 0.4) is 0 Å². The van der Waals surface area contributed by atoms with Crippen LogP contribution in [0.2, 0.25) is 0 Å². The van der Waals surface area contributed by atoms with Crippen molar-refractivity contribution in [3.8, 4) is 0 Å². The molecule has 1 aliphatic carbocycles. The van der Waals surface area contributed by atoms with Gasteiger partial charge < -0.3 is 20.7 Å². The number of carbonyl (C=O) groups is 2. The lowest BCUT2D eigenvalue weighted by Gasteiger charge is -2.23. The van der Waals surface area contributed by atoms with Gasteiger partial charge in [0, 0.05) is 32.7 Å². The molecule has 0 bridgehead atoms. The minimum Gasteiger partial charge on any atom is -0.383 e. The summed E-state index contributed by atoms with van der Waals surface area (Å²) in [4.78, 5) is 22.9. The summed E-state index contributed by atoms with van der Waals surface area (Å²) < 4.78 is 4.86. The van der Waals surface area contributed by atoms with E-state index in [1.54, 1.807) is 7.11 Å². The van der Waals surface area contributed by atoms with Crippen molar-refractivity contribution in [2.75, 3.05) is 39.9 Å². The number of amides is 2. The Hall–Kier alpha value is -0.850. The van der Waals surface area contributed by atoms with Gasteiger partial charge in [-0.1, -0.05) is 6.42 Å². The summed E-state index contributed by atoms with van der Waals surface area (Å²) in [5.74, 6) is 0.375. The van der Waals surface area contributed by atoms with E-state index in [0.29, 0.717) is 32.8 Å². The number of nitrogens with one attached hydrogen (secondary N) is 3. The second-order valence-corrected chi connectivity index (χ2v) is 4.79. The van der Waals surface area contributed by atoms with Gasteiger partial charge in [-0.2, -0.15) is 0 Å². The van der Waals surface area contributed by atoms with Crippen molar-refractivity contribution in [2.24, 2.45) is 5.92 Å². The minimum atomic E-state index is -0.0265. The smallest absolute Gasteiger partial charge is 0.233 e. The van der Waals surface area contributed by atoms with E-state index in [-0.39, 0.29) is 30.1 Å². The molecule has 0 aromatic carbocycles. The van der Waals surface area contributed by atoms with Crippen LogP contribution in [-0.4, -0.2) is 51.7 Å². The van der Waals surface area contributed by atoms with Gasteiger partial charge in [-0.25, -0.2) is 0 Å². The van der Waals surface area contributed by atoms with E-state index in [1.165, 1.54) is 6.42 Å². The molecular formula is C13H26ClN3O3. The molecule has 0 heterocycles. The lowest BCUT2D eigenvalue weighted by atomic mass is 9.85. The van der Waals surface area contributed by atoms with E-state index in [1.807, 2.05) is 0 Å². The van der Waals surface area contributed by atoms with Crippen LogP contribution in [-0.2, 0) is 14.3 Å². The zero-order valence-electron chi connectivity index (χ0n) is 12.1. The van der Waals surface area contributed by atoms with Gasteiger partial charge in [0.1, 0.15) is 0 Å². The number of ether oxygens (including phenoxy) is 1. The quantitative estimate of drug-likeness (QED) is 0.499. The van der Waals surface area contributed by atoms with Gasteiger partial charge in [0.2, 0.25) is 11.8 Å². The molecule has 0 unspecified atom stereocenters. The Balaban J connectivity index is 0.00000361. The zero-order valence-corrected chi connectivity index (χ0v) is 12.9. The van der Waals surface area contributed by atoms with Crippen LogP contribution < -0.4 is 16.0 Å². The molecule has 3 N–H and O–H groups in total. The van der Waals surface area contributed by atoms with Crippen molar-refractivity contribution in [2.45, 2.75) is 25.7 Å². The average molecular weight is 308 g/mol. The van der Waals surface area contributed by atoms with E-state index in [9.17, 15) is 9.59 Å². The molecule has 0 radical (unpaired) electrons. The van der Waals surface area contributed by atoms with E-state index in [0.717, 1.165) is 19.3 Å². The molecule has 118 valence electrons. The van der Waals surface area contributed by atoms with Crippen LogP contribution in [0.1, 0.15) is 25.7 Å². The summed E-state index contributed by atoms with van der Waals surface area (Å²) in [6.45, 7) is 2.79. The first-order valence-electron chi connectivity index (χ1n) is 6.98. The maximum Gasteiger partial charge on any atom is 0.233 e. The number of halogens is 1. The fraction of sp³-hybridized carbons (Fsp3) is 0.846. The summed E-state index contributed by atoms with van der Waals surface area (Å²) in [6.07, 6.45) is 3.98. The third kappa shape index (κ3) is 8.35. The van der Waals surface area contributed by atoms with Crippen molar-refractivity contribution in [3.63, 3.8) is 0 Å². The van der Waals surface area contributed by atoms with Gasteiger partial charge in [0.25, 0.3) is 0 Å². The first-order chi connectivity index (χ1) is 9.24. The Morgan fingerprint density at radius 1 is 1.15 bits per heavy atom.